The fourth-order valence-corrected chi connectivity index (χ4v) is 1.82. The van der Waals surface area contributed by atoms with E-state index >= 15 is 0 Å². The van der Waals surface area contributed by atoms with Crippen molar-refractivity contribution in [3.63, 3.8) is 0 Å². The van der Waals surface area contributed by atoms with Crippen LogP contribution >= 0.6 is 0 Å². The van der Waals surface area contributed by atoms with Crippen LogP contribution in [0.25, 0.3) is 0 Å². The van der Waals surface area contributed by atoms with Gasteiger partial charge in [0.05, 0.1) is 0 Å². The molecule has 0 aromatic carbocycles. The number of nitrogens with zero attached hydrogens (tertiary/aromatic N) is 2. The topological polar surface area (TPSA) is 71.2 Å². The minimum atomic E-state index is 0.0351. The third-order valence-corrected chi connectivity index (χ3v) is 2.80. The van der Waals surface area contributed by atoms with E-state index < -0.39 is 0 Å². The largest absolute Gasteiger partial charge is 0.339 e. The van der Waals surface area contributed by atoms with Crippen molar-refractivity contribution >= 4 is 11.7 Å². The highest BCUT2D eigenvalue weighted by Crippen LogP contribution is 2.13. The molecule has 1 amide bonds. The van der Waals surface area contributed by atoms with Gasteiger partial charge in [-0.1, -0.05) is 13.8 Å². The number of anilines is 1. The molecule has 5 heteroatoms. The van der Waals surface area contributed by atoms with E-state index in [4.69, 9.17) is 5.84 Å². The van der Waals surface area contributed by atoms with E-state index in [1.807, 2.05) is 24.8 Å². The summed E-state index contributed by atoms with van der Waals surface area (Å²) in [7, 11) is 0. The highest BCUT2D eigenvalue weighted by Gasteiger charge is 2.15. The Bertz CT molecular complexity index is 384. The maximum Gasteiger partial charge on any atom is 0.254 e. The van der Waals surface area contributed by atoms with Crippen LogP contribution in [-0.4, -0.2) is 28.9 Å². The monoisotopic (exact) mass is 250 g/mol. The summed E-state index contributed by atoms with van der Waals surface area (Å²) in [5.74, 6) is 5.94. The number of aromatic nitrogens is 1. The van der Waals surface area contributed by atoms with Crippen molar-refractivity contribution in [1.82, 2.24) is 9.88 Å². The molecule has 1 rings (SSSR count). The first-order valence-corrected chi connectivity index (χ1v) is 6.43. The van der Waals surface area contributed by atoms with Gasteiger partial charge in [0.2, 0.25) is 0 Å². The number of nitrogens with two attached hydrogens (primary N) is 1. The van der Waals surface area contributed by atoms with Crippen molar-refractivity contribution < 1.29 is 4.79 Å². The average molecular weight is 250 g/mol. The Hall–Kier alpha value is -1.62. The Balaban J connectivity index is 3.03. The maximum atomic E-state index is 12.3. The van der Waals surface area contributed by atoms with Crippen molar-refractivity contribution in [3.8, 4) is 0 Å². The van der Waals surface area contributed by atoms with Gasteiger partial charge in [0.1, 0.15) is 5.82 Å². The van der Waals surface area contributed by atoms with Crippen LogP contribution in [0.3, 0.4) is 0 Å². The number of hydrogen-bond acceptors (Lipinski definition) is 4. The second kappa shape index (κ2) is 6.96. The zero-order valence-corrected chi connectivity index (χ0v) is 11.4. The molecule has 0 saturated carbocycles. The molecule has 3 N–H and O–H groups in total. The fraction of sp³-hybridized carbons (Fsp3) is 0.538. The minimum Gasteiger partial charge on any atom is -0.339 e. The van der Waals surface area contributed by atoms with Gasteiger partial charge in [-0.15, -0.1) is 0 Å². The van der Waals surface area contributed by atoms with Crippen molar-refractivity contribution in [2.75, 3.05) is 18.5 Å². The van der Waals surface area contributed by atoms with E-state index in [2.05, 4.69) is 17.3 Å². The quantitative estimate of drug-likeness (QED) is 0.596. The number of amides is 1. The third-order valence-electron chi connectivity index (χ3n) is 2.80. The molecule has 18 heavy (non-hydrogen) atoms. The summed E-state index contributed by atoms with van der Waals surface area (Å²) in [5, 5.41) is 0. The molecule has 0 aliphatic carbocycles. The molecule has 100 valence electrons. The van der Waals surface area contributed by atoms with Crippen LogP contribution in [0.2, 0.25) is 0 Å². The van der Waals surface area contributed by atoms with Crippen molar-refractivity contribution in [3.05, 3.63) is 23.4 Å². The van der Waals surface area contributed by atoms with E-state index in [1.54, 1.807) is 6.07 Å². The van der Waals surface area contributed by atoms with E-state index in [9.17, 15) is 4.79 Å². The lowest BCUT2D eigenvalue weighted by atomic mass is 10.1. The molecular formula is C13H22N4O. The Labute approximate surface area is 108 Å². The van der Waals surface area contributed by atoms with Crippen molar-refractivity contribution in [2.45, 2.75) is 33.6 Å². The average Bonchev–Trinajstić information content (AvgIpc) is 2.43. The summed E-state index contributed by atoms with van der Waals surface area (Å²) in [6.45, 7) is 7.53. The van der Waals surface area contributed by atoms with Gasteiger partial charge in [0, 0.05) is 24.3 Å². The highest BCUT2D eigenvalue weighted by atomic mass is 16.2. The summed E-state index contributed by atoms with van der Waals surface area (Å²) >= 11 is 0. The van der Waals surface area contributed by atoms with Crippen LogP contribution in [0, 0.1) is 0 Å². The van der Waals surface area contributed by atoms with Gasteiger partial charge < -0.3 is 10.3 Å². The Kier molecular flexibility index (Phi) is 5.58. The number of hydrogen-bond donors (Lipinski definition) is 2. The molecule has 1 aromatic heterocycles. The van der Waals surface area contributed by atoms with Crippen molar-refractivity contribution in [2.24, 2.45) is 5.84 Å². The molecule has 1 aromatic rings. The fourth-order valence-electron chi connectivity index (χ4n) is 1.82. The Morgan fingerprint density at radius 2 is 2.11 bits per heavy atom. The molecule has 0 radical (unpaired) electrons. The minimum absolute atomic E-state index is 0.0351. The maximum absolute atomic E-state index is 12.3. The molecular weight excluding hydrogens is 228 g/mol. The molecule has 0 atom stereocenters. The van der Waals surface area contributed by atoms with Crippen LogP contribution in [0.1, 0.15) is 43.2 Å². The number of pyridine rings is 1. The summed E-state index contributed by atoms with van der Waals surface area (Å²) < 4.78 is 0. The first kappa shape index (κ1) is 14.4. The molecule has 0 saturated heterocycles. The van der Waals surface area contributed by atoms with Gasteiger partial charge in [0.15, 0.2) is 0 Å². The zero-order chi connectivity index (χ0) is 13.5. The SMILES string of the molecule is CCCN(CC)C(=O)c1cc(CC)nc(NN)c1. The number of aryl methyl sites for hydroxylation is 1. The lowest BCUT2D eigenvalue weighted by molar-refractivity contribution is 0.0764. The molecule has 0 aliphatic heterocycles. The number of carbonyl (C=O) groups excluding carboxylic acids is 1. The van der Waals surface area contributed by atoms with Gasteiger partial charge >= 0.3 is 0 Å². The number of rotatable bonds is 6. The summed E-state index contributed by atoms with van der Waals surface area (Å²) in [5.41, 5.74) is 4.01. The van der Waals surface area contributed by atoms with Crippen LogP contribution < -0.4 is 11.3 Å². The van der Waals surface area contributed by atoms with Gasteiger partial charge in [-0.25, -0.2) is 10.8 Å². The smallest absolute Gasteiger partial charge is 0.254 e. The Morgan fingerprint density at radius 1 is 1.39 bits per heavy atom. The van der Waals surface area contributed by atoms with Crippen LogP contribution in [0.15, 0.2) is 12.1 Å². The second-order valence-corrected chi connectivity index (χ2v) is 4.12. The lowest BCUT2D eigenvalue weighted by Gasteiger charge is -2.20. The summed E-state index contributed by atoms with van der Waals surface area (Å²) in [6, 6.07) is 3.53. The molecule has 0 bridgehead atoms. The third kappa shape index (κ3) is 3.43. The normalized spacial score (nSPS) is 10.2. The van der Waals surface area contributed by atoms with Gasteiger partial charge in [-0.05, 0) is 31.9 Å². The summed E-state index contributed by atoms with van der Waals surface area (Å²) in [4.78, 5) is 18.4. The van der Waals surface area contributed by atoms with Crippen molar-refractivity contribution in [1.29, 1.82) is 0 Å². The molecule has 0 fully saturated rings. The molecule has 1 heterocycles. The number of carbonyl (C=O) groups is 1. The van der Waals surface area contributed by atoms with Gasteiger partial charge in [-0.2, -0.15) is 0 Å². The van der Waals surface area contributed by atoms with E-state index in [0.717, 1.165) is 25.1 Å². The van der Waals surface area contributed by atoms with Gasteiger partial charge in [0.25, 0.3) is 5.91 Å². The lowest BCUT2D eigenvalue weighted by Crippen LogP contribution is -2.31. The molecule has 5 nitrogen and oxygen atoms in total. The standard InChI is InChI=1S/C13H22N4O/c1-4-7-17(6-3)13(18)10-8-11(5-2)15-12(9-10)16-14/h8-9H,4-7,14H2,1-3H3,(H,15,16). The van der Waals surface area contributed by atoms with E-state index in [1.165, 1.54) is 0 Å². The Morgan fingerprint density at radius 3 is 2.61 bits per heavy atom. The highest BCUT2D eigenvalue weighted by molar-refractivity contribution is 5.95. The van der Waals surface area contributed by atoms with Crippen LogP contribution in [0.4, 0.5) is 5.82 Å². The van der Waals surface area contributed by atoms with E-state index in [0.29, 0.717) is 17.9 Å². The number of nitrogen functional groups attached to an aromatic ring is 1. The second-order valence-electron chi connectivity index (χ2n) is 4.12. The first-order chi connectivity index (χ1) is 8.65. The predicted octanol–water partition coefficient (Wildman–Crippen LogP) is 1.80. The van der Waals surface area contributed by atoms with Crippen LogP contribution in [0.5, 0.6) is 0 Å². The predicted molar refractivity (Wildman–Crippen MR) is 73.3 cm³/mol. The zero-order valence-electron chi connectivity index (χ0n) is 11.4. The molecule has 0 aliphatic rings. The van der Waals surface area contributed by atoms with Gasteiger partial charge in [-0.3, -0.25) is 4.79 Å². The van der Waals surface area contributed by atoms with Crippen LogP contribution in [-0.2, 0) is 6.42 Å². The number of hydrazine groups is 1. The number of nitrogens with one attached hydrogen (secondary N) is 1. The van der Waals surface area contributed by atoms with E-state index in [-0.39, 0.29) is 5.91 Å². The molecule has 0 spiro atoms. The molecule has 0 unspecified atom stereocenters. The summed E-state index contributed by atoms with van der Waals surface area (Å²) in [6.07, 6.45) is 1.73. The first-order valence-electron chi connectivity index (χ1n) is 6.43.